The van der Waals surface area contributed by atoms with Crippen molar-refractivity contribution in [1.29, 1.82) is 0 Å². The maximum atomic E-state index is 2.51. The Labute approximate surface area is 70.4 Å². The third-order valence-corrected chi connectivity index (χ3v) is 4.84. The van der Waals surface area contributed by atoms with E-state index >= 15 is 0 Å². The average Bonchev–Trinajstić information content (AvgIpc) is 2.50. The molecular weight excluding hydrogens is 132 g/mol. The minimum atomic E-state index is 0.698. The fourth-order valence-corrected chi connectivity index (χ4v) is 3.59. The van der Waals surface area contributed by atoms with Crippen molar-refractivity contribution in [2.45, 2.75) is 40.5 Å². The summed E-state index contributed by atoms with van der Waals surface area (Å²) < 4.78 is 0. The number of hydrogen-bond acceptors (Lipinski definition) is 0. The summed E-state index contributed by atoms with van der Waals surface area (Å²) in [5.41, 5.74) is 0.698. The van der Waals surface area contributed by atoms with Crippen molar-refractivity contribution < 1.29 is 0 Å². The molecule has 0 bridgehead atoms. The van der Waals surface area contributed by atoms with Crippen LogP contribution < -0.4 is 0 Å². The van der Waals surface area contributed by atoms with E-state index in [0.29, 0.717) is 5.41 Å². The van der Waals surface area contributed by atoms with Gasteiger partial charge in [-0.25, -0.2) is 0 Å². The molecular formula is C11H20. The van der Waals surface area contributed by atoms with Crippen molar-refractivity contribution in [1.82, 2.24) is 0 Å². The van der Waals surface area contributed by atoms with Crippen molar-refractivity contribution in [3.63, 3.8) is 0 Å². The third-order valence-electron chi connectivity index (χ3n) is 4.84. The summed E-state index contributed by atoms with van der Waals surface area (Å²) in [5.74, 6) is 4.23. The molecule has 0 heterocycles. The molecule has 0 aromatic rings. The molecule has 2 aliphatic carbocycles. The Kier molecular flexibility index (Phi) is 1.41. The van der Waals surface area contributed by atoms with Gasteiger partial charge in [0, 0.05) is 0 Å². The Hall–Kier alpha value is 0. The summed E-state index contributed by atoms with van der Waals surface area (Å²) in [4.78, 5) is 0. The van der Waals surface area contributed by atoms with Crippen LogP contribution in [0.25, 0.3) is 0 Å². The molecule has 0 N–H and O–H groups in total. The highest BCUT2D eigenvalue weighted by Gasteiger charge is 2.62. The van der Waals surface area contributed by atoms with Gasteiger partial charge in [0.1, 0.15) is 0 Å². The maximum absolute atomic E-state index is 2.51. The van der Waals surface area contributed by atoms with Gasteiger partial charge < -0.3 is 0 Å². The second-order valence-corrected chi connectivity index (χ2v) is 5.04. The van der Waals surface area contributed by atoms with E-state index in [4.69, 9.17) is 0 Å². The standard InChI is InChI=1S/C11H20/c1-5-11(4)7(2)6-9-8(3)10(9)11/h7-10H,5-6H2,1-4H3. The van der Waals surface area contributed by atoms with Gasteiger partial charge in [0.25, 0.3) is 0 Å². The molecule has 2 fully saturated rings. The van der Waals surface area contributed by atoms with E-state index in [2.05, 4.69) is 27.7 Å². The Balaban J connectivity index is 2.18. The molecule has 5 unspecified atom stereocenters. The predicted octanol–water partition coefficient (Wildman–Crippen LogP) is 3.32. The molecule has 0 aromatic carbocycles. The van der Waals surface area contributed by atoms with Gasteiger partial charge in [-0.2, -0.15) is 0 Å². The van der Waals surface area contributed by atoms with Crippen LogP contribution in [-0.4, -0.2) is 0 Å². The fraction of sp³-hybridized carbons (Fsp3) is 1.00. The highest BCUT2D eigenvalue weighted by molar-refractivity contribution is 5.11. The number of rotatable bonds is 1. The van der Waals surface area contributed by atoms with Crippen LogP contribution >= 0.6 is 0 Å². The average molecular weight is 152 g/mol. The zero-order valence-corrected chi connectivity index (χ0v) is 8.22. The Morgan fingerprint density at radius 2 is 2.00 bits per heavy atom. The molecule has 0 aromatic heterocycles. The zero-order valence-electron chi connectivity index (χ0n) is 8.22. The Morgan fingerprint density at radius 1 is 1.36 bits per heavy atom. The van der Waals surface area contributed by atoms with Crippen LogP contribution in [0.2, 0.25) is 0 Å². The largest absolute Gasteiger partial charge is 0.0648 e. The van der Waals surface area contributed by atoms with E-state index in [0.717, 1.165) is 23.7 Å². The van der Waals surface area contributed by atoms with Gasteiger partial charge in [-0.05, 0) is 35.5 Å². The molecule has 2 rings (SSSR count). The van der Waals surface area contributed by atoms with Gasteiger partial charge in [-0.15, -0.1) is 0 Å². The SMILES string of the molecule is CCC1(C)C(C)CC2C(C)C21. The molecule has 0 amide bonds. The first-order valence-corrected chi connectivity index (χ1v) is 5.11. The molecule has 0 heteroatoms. The minimum Gasteiger partial charge on any atom is -0.0648 e. The van der Waals surface area contributed by atoms with Gasteiger partial charge in [0.05, 0.1) is 0 Å². The molecule has 2 aliphatic rings. The first-order chi connectivity index (χ1) is 5.11. The fourth-order valence-electron chi connectivity index (χ4n) is 3.59. The van der Waals surface area contributed by atoms with E-state index in [1.165, 1.54) is 12.8 Å². The summed E-state index contributed by atoms with van der Waals surface area (Å²) >= 11 is 0. The van der Waals surface area contributed by atoms with Crippen molar-refractivity contribution in [3.8, 4) is 0 Å². The molecule has 5 atom stereocenters. The molecule has 0 saturated heterocycles. The predicted molar refractivity (Wildman–Crippen MR) is 48.3 cm³/mol. The van der Waals surface area contributed by atoms with Crippen molar-refractivity contribution in [3.05, 3.63) is 0 Å². The molecule has 0 spiro atoms. The van der Waals surface area contributed by atoms with E-state index in [9.17, 15) is 0 Å². The topological polar surface area (TPSA) is 0 Å². The maximum Gasteiger partial charge on any atom is -0.0269 e. The normalized spacial score (nSPS) is 61.1. The molecule has 0 radical (unpaired) electrons. The molecule has 2 saturated carbocycles. The van der Waals surface area contributed by atoms with Gasteiger partial charge >= 0.3 is 0 Å². The quantitative estimate of drug-likeness (QED) is 0.540. The lowest BCUT2D eigenvalue weighted by Gasteiger charge is -2.31. The van der Waals surface area contributed by atoms with Crippen LogP contribution in [0.1, 0.15) is 40.5 Å². The number of hydrogen-bond donors (Lipinski definition) is 0. The Bertz CT molecular complexity index is 173. The highest BCUT2D eigenvalue weighted by atomic mass is 14.7. The second-order valence-electron chi connectivity index (χ2n) is 5.04. The number of fused-ring (bicyclic) bond motifs is 1. The van der Waals surface area contributed by atoms with Crippen molar-refractivity contribution in [2.75, 3.05) is 0 Å². The monoisotopic (exact) mass is 152 g/mol. The van der Waals surface area contributed by atoms with Crippen molar-refractivity contribution in [2.24, 2.45) is 29.1 Å². The van der Waals surface area contributed by atoms with E-state index in [1.54, 1.807) is 0 Å². The van der Waals surface area contributed by atoms with Crippen molar-refractivity contribution >= 4 is 0 Å². The highest BCUT2D eigenvalue weighted by Crippen LogP contribution is 2.69. The van der Waals surface area contributed by atoms with Crippen LogP contribution in [0, 0.1) is 29.1 Å². The van der Waals surface area contributed by atoms with Gasteiger partial charge in [-0.3, -0.25) is 0 Å². The van der Waals surface area contributed by atoms with Gasteiger partial charge in [-0.1, -0.05) is 34.1 Å². The summed E-state index contributed by atoms with van der Waals surface area (Å²) in [6, 6.07) is 0. The first-order valence-electron chi connectivity index (χ1n) is 5.11. The van der Waals surface area contributed by atoms with E-state index in [1.807, 2.05) is 0 Å². The van der Waals surface area contributed by atoms with Crippen LogP contribution in [0.4, 0.5) is 0 Å². The Morgan fingerprint density at radius 3 is 2.36 bits per heavy atom. The van der Waals surface area contributed by atoms with Gasteiger partial charge in [0.2, 0.25) is 0 Å². The summed E-state index contributed by atoms with van der Waals surface area (Å²) in [6.07, 6.45) is 2.90. The summed E-state index contributed by atoms with van der Waals surface area (Å²) in [5, 5.41) is 0. The minimum absolute atomic E-state index is 0.698. The second kappa shape index (κ2) is 2.02. The van der Waals surface area contributed by atoms with E-state index in [-0.39, 0.29) is 0 Å². The zero-order chi connectivity index (χ0) is 8.22. The molecule has 64 valence electrons. The summed E-state index contributed by atoms with van der Waals surface area (Å²) in [6.45, 7) is 9.76. The van der Waals surface area contributed by atoms with Crippen LogP contribution in [0.15, 0.2) is 0 Å². The third kappa shape index (κ3) is 0.761. The van der Waals surface area contributed by atoms with Crippen LogP contribution in [0.5, 0.6) is 0 Å². The molecule has 0 nitrogen and oxygen atoms in total. The first kappa shape index (κ1) is 7.64. The lowest BCUT2D eigenvalue weighted by atomic mass is 9.73. The summed E-state index contributed by atoms with van der Waals surface area (Å²) in [7, 11) is 0. The molecule has 0 aliphatic heterocycles. The smallest absolute Gasteiger partial charge is 0.0269 e. The van der Waals surface area contributed by atoms with Gasteiger partial charge in [0.15, 0.2) is 0 Å². The lowest BCUT2D eigenvalue weighted by molar-refractivity contribution is 0.177. The van der Waals surface area contributed by atoms with Crippen LogP contribution in [-0.2, 0) is 0 Å². The lowest BCUT2D eigenvalue weighted by Crippen LogP contribution is -2.24. The van der Waals surface area contributed by atoms with Crippen LogP contribution in [0.3, 0.4) is 0 Å². The van der Waals surface area contributed by atoms with E-state index < -0.39 is 0 Å². The molecule has 11 heavy (non-hydrogen) atoms.